The molecule has 1 aliphatic carbocycles. The number of carbonyl (C=O) groups excluding carboxylic acids is 2. The van der Waals surface area contributed by atoms with Crippen molar-refractivity contribution in [3.05, 3.63) is 23.8 Å². The maximum atomic E-state index is 13.8. The maximum absolute atomic E-state index is 13.8. The molecule has 0 bridgehead atoms. The van der Waals surface area contributed by atoms with Crippen LogP contribution >= 0.6 is 25.3 Å². The van der Waals surface area contributed by atoms with Gasteiger partial charge >= 0.3 is 0 Å². The highest BCUT2D eigenvalue weighted by molar-refractivity contribution is 7.83. The van der Waals surface area contributed by atoms with Gasteiger partial charge < -0.3 is 19.3 Å². The number of benzene rings is 1. The lowest BCUT2D eigenvalue weighted by Crippen LogP contribution is -2.53. The molecule has 4 unspecified atom stereocenters. The minimum atomic E-state index is -1.41. The third-order valence-corrected chi connectivity index (χ3v) is 7.96. The Hall–Kier alpha value is -2.05. The molecule has 9 heteroatoms. The highest BCUT2D eigenvalue weighted by atomic mass is 32.1. The summed E-state index contributed by atoms with van der Waals surface area (Å²) >= 11 is 9.44. The van der Waals surface area contributed by atoms with E-state index in [9.17, 15) is 14.9 Å². The van der Waals surface area contributed by atoms with Crippen LogP contribution in [0.25, 0.3) is 0 Å². The van der Waals surface area contributed by atoms with Crippen LogP contribution in [0.1, 0.15) is 44.7 Å². The van der Waals surface area contributed by atoms with Gasteiger partial charge in [0.15, 0.2) is 16.4 Å². The number of rotatable bonds is 2. The van der Waals surface area contributed by atoms with E-state index in [1.165, 1.54) is 4.90 Å². The monoisotopic (exact) mass is 445 g/mol. The van der Waals surface area contributed by atoms with Crippen molar-refractivity contribution in [3.63, 3.8) is 0 Å². The van der Waals surface area contributed by atoms with Crippen molar-refractivity contribution in [2.45, 2.75) is 61.4 Å². The van der Waals surface area contributed by atoms with Gasteiger partial charge in [-0.25, -0.2) is 0 Å². The second kappa shape index (κ2) is 6.47. The van der Waals surface area contributed by atoms with E-state index in [0.29, 0.717) is 17.1 Å². The predicted molar refractivity (Wildman–Crippen MR) is 114 cm³/mol. The van der Waals surface area contributed by atoms with E-state index in [-0.39, 0.29) is 37.1 Å². The zero-order valence-corrected chi connectivity index (χ0v) is 18.5. The molecule has 0 radical (unpaired) electrons. The molecule has 3 aliphatic heterocycles. The van der Waals surface area contributed by atoms with Gasteiger partial charge in [0.25, 0.3) is 5.91 Å². The van der Waals surface area contributed by atoms with E-state index in [1.807, 2.05) is 13.0 Å². The van der Waals surface area contributed by atoms with Gasteiger partial charge in [-0.2, -0.15) is 17.9 Å². The standard InChI is InChI=1S/C21H23N3O4S2/c1-11-16(29)18(25)24-17(12-3-6-14-15(7-12)28-10-27-14)20(2,9-22)8-21(24,30)19(26)23(11)13-4-5-13/h3,6-7,11,13,16-17,29-30H,4-5,8,10H2,1-2H3/t11?,16?,17?,20-,21?/m1/s1. The molecule has 7 nitrogen and oxygen atoms in total. The van der Waals surface area contributed by atoms with E-state index in [2.05, 4.69) is 18.7 Å². The molecule has 1 saturated carbocycles. The molecule has 0 N–H and O–H groups in total. The van der Waals surface area contributed by atoms with Crippen LogP contribution in [0, 0.1) is 16.7 Å². The summed E-state index contributed by atoms with van der Waals surface area (Å²) in [5, 5.41) is 9.44. The summed E-state index contributed by atoms with van der Waals surface area (Å²) in [6.07, 6.45) is 1.96. The Bertz CT molecular complexity index is 993. The smallest absolute Gasteiger partial charge is 0.259 e. The lowest BCUT2D eigenvalue weighted by Gasteiger charge is -2.37. The minimum Gasteiger partial charge on any atom is -0.454 e. The van der Waals surface area contributed by atoms with E-state index in [0.717, 1.165) is 12.8 Å². The van der Waals surface area contributed by atoms with Crippen molar-refractivity contribution < 1.29 is 19.1 Å². The molecule has 2 amide bonds. The van der Waals surface area contributed by atoms with Crippen LogP contribution in [0.4, 0.5) is 0 Å². The van der Waals surface area contributed by atoms with Crippen LogP contribution in [0.15, 0.2) is 18.2 Å². The van der Waals surface area contributed by atoms with Crippen molar-refractivity contribution in [2.24, 2.45) is 5.41 Å². The molecule has 1 aromatic rings. The average Bonchev–Trinajstić information content (AvgIpc) is 3.38. The molecular formula is C21H23N3O4S2. The van der Waals surface area contributed by atoms with E-state index in [4.69, 9.17) is 22.1 Å². The molecule has 4 aliphatic rings. The summed E-state index contributed by atoms with van der Waals surface area (Å²) in [6, 6.07) is 6.87. The highest BCUT2D eigenvalue weighted by Gasteiger charge is 2.66. The van der Waals surface area contributed by atoms with E-state index in [1.54, 1.807) is 24.0 Å². The SMILES string of the molecule is CC1C(S)C(=O)N2C(c3ccc4c(c3)OCO4)[C@@](C)(C#N)CC2(S)C(=O)N1C1CC1. The van der Waals surface area contributed by atoms with Crippen molar-refractivity contribution in [2.75, 3.05) is 6.79 Å². The number of ether oxygens (including phenoxy) is 2. The molecule has 2 saturated heterocycles. The van der Waals surface area contributed by atoms with Gasteiger partial charge in [-0.05, 0) is 44.4 Å². The Balaban J connectivity index is 1.67. The first kappa shape index (κ1) is 19.9. The second-order valence-electron chi connectivity index (χ2n) is 8.88. The van der Waals surface area contributed by atoms with Crippen LogP contribution in [-0.4, -0.2) is 50.6 Å². The largest absolute Gasteiger partial charge is 0.454 e. The minimum absolute atomic E-state index is 0.108. The van der Waals surface area contributed by atoms with E-state index >= 15 is 0 Å². The third kappa shape index (κ3) is 2.59. The zero-order valence-electron chi connectivity index (χ0n) is 16.7. The van der Waals surface area contributed by atoms with Gasteiger partial charge in [-0.3, -0.25) is 9.59 Å². The van der Waals surface area contributed by atoms with Crippen molar-refractivity contribution >= 4 is 37.1 Å². The maximum Gasteiger partial charge on any atom is 0.259 e. The Morgan fingerprint density at radius 3 is 2.60 bits per heavy atom. The summed E-state index contributed by atoms with van der Waals surface area (Å²) < 4.78 is 10.9. The number of amides is 2. The molecule has 5 atom stereocenters. The Morgan fingerprint density at radius 2 is 1.93 bits per heavy atom. The second-order valence-corrected chi connectivity index (χ2v) is 10.2. The van der Waals surface area contributed by atoms with Crippen molar-refractivity contribution in [1.29, 1.82) is 5.26 Å². The zero-order chi connectivity index (χ0) is 21.4. The number of nitriles is 1. The number of hydrogen-bond donors (Lipinski definition) is 2. The van der Waals surface area contributed by atoms with Crippen molar-refractivity contribution in [3.8, 4) is 17.6 Å². The van der Waals surface area contributed by atoms with Gasteiger partial charge in [-0.15, -0.1) is 12.6 Å². The normalized spacial score (nSPS) is 37.8. The number of hydrogen-bond acceptors (Lipinski definition) is 7. The van der Waals surface area contributed by atoms with Crippen LogP contribution in [0.5, 0.6) is 11.5 Å². The summed E-state index contributed by atoms with van der Waals surface area (Å²) in [5.74, 6) is 0.689. The van der Waals surface area contributed by atoms with Crippen LogP contribution in [-0.2, 0) is 9.59 Å². The Labute approximate surface area is 186 Å². The summed E-state index contributed by atoms with van der Waals surface area (Å²) in [6.45, 7) is 3.78. The van der Waals surface area contributed by atoms with Crippen LogP contribution in [0.2, 0.25) is 0 Å². The average molecular weight is 446 g/mol. The topological polar surface area (TPSA) is 82.9 Å². The molecule has 3 heterocycles. The number of fused-ring (bicyclic) bond motifs is 2. The van der Waals surface area contributed by atoms with Gasteiger partial charge in [0.2, 0.25) is 12.7 Å². The number of nitrogens with zero attached hydrogens (tertiary/aromatic N) is 3. The summed E-state index contributed by atoms with van der Waals surface area (Å²) in [4.78, 5) is 29.3. The highest BCUT2D eigenvalue weighted by Crippen LogP contribution is 2.59. The van der Waals surface area contributed by atoms with Gasteiger partial charge in [-0.1, -0.05) is 6.07 Å². The van der Waals surface area contributed by atoms with Crippen LogP contribution < -0.4 is 9.47 Å². The van der Waals surface area contributed by atoms with Gasteiger partial charge in [0.05, 0.1) is 17.5 Å². The first-order valence-electron chi connectivity index (χ1n) is 10.1. The Kier molecular flexibility index (Phi) is 4.29. The predicted octanol–water partition coefficient (Wildman–Crippen LogP) is 2.54. The fraction of sp³-hybridized carbons (Fsp3) is 0.571. The fourth-order valence-electron chi connectivity index (χ4n) is 5.13. The molecule has 0 spiro atoms. The first-order valence-corrected chi connectivity index (χ1v) is 11.0. The molecule has 30 heavy (non-hydrogen) atoms. The number of thiol groups is 2. The van der Waals surface area contributed by atoms with E-state index < -0.39 is 21.6 Å². The fourth-order valence-corrected chi connectivity index (χ4v) is 6.05. The van der Waals surface area contributed by atoms with Gasteiger partial charge in [0, 0.05) is 18.5 Å². The summed E-state index contributed by atoms with van der Waals surface area (Å²) in [7, 11) is 0. The Morgan fingerprint density at radius 1 is 1.23 bits per heavy atom. The molecular weight excluding hydrogens is 422 g/mol. The van der Waals surface area contributed by atoms with Gasteiger partial charge in [0.1, 0.15) is 5.25 Å². The van der Waals surface area contributed by atoms with Crippen LogP contribution in [0.3, 0.4) is 0 Å². The lowest BCUT2D eigenvalue weighted by atomic mass is 9.79. The molecule has 3 fully saturated rings. The molecule has 1 aromatic carbocycles. The van der Waals surface area contributed by atoms with Crippen molar-refractivity contribution in [1.82, 2.24) is 9.80 Å². The molecule has 158 valence electrons. The molecule has 0 aromatic heterocycles. The molecule has 5 rings (SSSR count). The first-order chi connectivity index (χ1) is 14.2. The lowest BCUT2D eigenvalue weighted by molar-refractivity contribution is -0.143. The summed E-state index contributed by atoms with van der Waals surface area (Å²) in [5.41, 5.74) is -0.294. The number of carbonyl (C=O) groups is 2. The third-order valence-electron chi connectivity index (χ3n) is 6.75. The quantitative estimate of drug-likeness (QED) is 0.684.